The van der Waals surface area contributed by atoms with Crippen molar-refractivity contribution in [1.82, 2.24) is 30.2 Å². The van der Waals surface area contributed by atoms with E-state index in [0.717, 1.165) is 17.4 Å². The maximum atomic E-state index is 10.8. The van der Waals surface area contributed by atoms with Crippen LogP contribution in [0.2, 0.25) is 0 Å². The Balaban J connectivity index is -0.000000175. The predicted molar refractivity (Wildman–Crippen MR) is 243 cm³/mol. The number of nitrogens with one attached hydrogen (secondary N) is 1. The summed E-state index contributed by atoms with van der Waals surface area (Å²) in [6.45, 7) is 41.7. The lowest BCUT2D eigenvalue weighted by Gasteiger charge is -2.15. The maximum Gasteiger partial charge on any atom is 0.227 e. The zero-order chi connectivity index (χ0) is 42.9. The summed E-state index contributed by atoms with van der Waals surface area (Å²) in [5.74, 6) is 4.34. The molecule has 0 aliphatic carbocycles. The number of amidine groups is 1. The number of aromatic nitrogens is 5. The van der Waals surface area contributed by atoms with Crippen LogP contribution in [0.3, 0.4) is 0 Å². The van der Waals surface area contributed by atoms with Crippen LogP contribution in [0.25, 0.3) is 0 Å². The number of rotatable bonds is 5. The van der Waals surface area contributed by atoms with E-state index < -0.39 is 0 Å². The van der Waals surface area contributed by atoms with Crippen molar-refractivity contribution >= 4 is 34.4 Å². The second-order valence-electron chi connectivity index (χ2n) is 11.5. The summed E-state index contributed by atoms with van der Waals surface area (Å²) >= 11 is 3.38. The monoisotopic (exact) mass is 788 g/mol. The van der Waals surface area contributed by atoms with Crippen molar-refractivity contribution in [2.24, 2.45) is 10.9 Å². The number of carbonyl (C=O) groups is 1. The zero-order valence-electron chi connectivity index (χ0n) is 38.1. The highest BCUT2D eigenvalue weighted by Crippen LogP contribution is 2.15. The number of carbonyl (C=O) groups excluding carboxylic acids is 1. The molecule has 0 saturated carbocycles. The molecule has 1 aliphatic rings. The Kier molecular flexibility index (Phi) is 48.8. The fourth-order valence-corrected chi connectivity index (χ4v) is 4.57. The van der Waals surface area contributed by atoms with E-state index in [1.165, 1.54) is 10.7 Å². The molecular formula is C44H81N7OS2. The Morgan fingerprint density at radius 1 is 0.574 bits per heavy atom. The molecule has 0 spiro atoms. The maximum absolute atomic E-state index is 10.8. The normalized spacial score (nSPS) is 10.5. The van der Waals surface area contributed by atoms with Gasteiger partial charge in [0.05, 0.1) is 16.2 Å². The number of amides is 1. The highest BCUT2D eigenvalue weighted by atomic mass is 32.1. The van der Waals surface area contributed by atoms with Gasteiger partial charge in [0.1, 0.15) is 11.7 Å². The molecule has 1 aliphatic heterocycles. The van der Waals surface area contributed by atoms with Crippen molar-refractivity contribution in [2.75, 3.05) is 6.54 Å². The Morgan fingerprint density at radius 2 is 1.11 bits per heavy atom. The molecule has 5 rings (SSSR count). The first-order valence-electron chi connectivity index (χ1n) is 20.2. The summed E-state index contributed by atoms with van der Waals surface area (Å²) in [4.78, 5) is 35.5. The molecule has 310 valence electrons. The van der Waals surface area contributed by atoms with Crippen LogP contribution in [-0.2, 0) is 4.79 Å². The van der Waals surface area contributed by atoms with E-state index in [9.17, 15) is 4.79 Å². The Morgan fingerprint density at radius 3 is 1.37 bits per heavy atom. The second kappa shape index (κ2) is 44.0. The number of thiazole rings is 2. The van der Waals surface area contributed by atoms with E-state index >= 15 is 0 Å². The Bertz CT molecular complexity index is 1200. The van der Waals surface area contributed by atoms with Crippen LogP contribution in [-0.4, -0.2) is 43.2 Å². The molecule has 1 N–H and O–H groups in total. The van der Waals surface area contributed by atoms with Gasteiger partial charge in [0.25, 0.3) is 0 Å². The van der Waals surface area contributed by atoms with E-state index in [0.29, 0.717) is 42.6 Å². The van der Waals surface area contributed by atoms with Gasteiger partial charge in [-0.05, 0) is 30.0 Å². The molecule has 54 heavy (non-hydrogen) atoms. The minimum absolute atomic E-state index is 0.0960. The lowest BCUT2D eigenvalue weighted by atomic mass is 10.1. The second-order valence-corrected chi connectivity index (χ2v) is 13.1. The molecule has 0 radical (unpaired) electrons. The van der Waals surface area contributed by atoms with Gasteiger partial charge in [0.15, 0.2) is 0 Å². The molecule has 0 unspecified atom stereocenters. The molecule has 5 heterocycles. The summed E-state index contributed by atoms with van der Waals surface area (Å²) < 4.78 is 0. The number of nitrogens with zero attached hydrogens (tertiary/aromatic N) is 6. The molecule has 4 aromatic heterocycles. The van der Waals surface area contributed by atoms with Crippen molar-refractivity contribution < 1.29 is 4.79 Å². The molecule has 0 bridgehead atoms. The van der Waals surface area contributed by atoms with Gasteiger partial charge in [0.2, 0.25) is 5.91 Å². The smallest absolute Gasteiger partial charge is 0.227 e. The topological polar surface area (TPSA) is 106 Å². The summed E-state index contributed by atoms with van der Waals surface area (Å²) in [7, 11) is 0. The standard InChI is InChI=1S/C8H11N.C7H12N2O.C7H10N2.2C6H9NS.5C2H6/c1-7(2)8-5-3-4-6-9-8;1-5(2)7-8-4-3-6(10)9-7;1-6(2)7-8-4-3-5-9-7;1-5(2)6-3-8-4-7-6;1-5(2)6-7-3-4-8-6;5*1-2/h3-7H,1-2H3;5H,3-4H2,1-2H3,(H,8,9,10);3-6H,1-2H3;2*3-5H,1-2H3;5*1-2H3. The highest BCUT2D eigenvalue weighted by molar-refractivity contribution is 7.09. The third-order valence-electron chi connectivity index (χ3n) is 5.81. The summed E-state index contributed by atoms with van der Waals surface area (Å²) in [5, 5.41) is 8.05. The minimum Gasteiger partial charge on any atom is -0.314 e. The third-order valence-corrected chi connectivity index (χ3v) is 7.49. The van der Waals surface area contributed by atoms with Crippen molar-refractivity contribution in [3.8, 4) is 0 Å². The van der Waals surface area contributed by atoms with Crippen molar-refractivity contribution in [3.05, 3.63) is 87.5 Å². The molecule has 0 saturated heterocycles. The first-order chi connectivity index (χ1) is 25.9. The lowest BCUT2D eigenvalue weighted by molar-refractivity contribution is -0.119. The van der Waals surface area contributed by atoms with E-state index in [1.54, 1.807) is 35.1 Å². The van der Waals surface area contributed by atoms with Gasteiger partial charge >= 0.3 is 0 Å². The Labute approximate surface area is 341 Å². The van der Waals surface area contributed by atoms with Crippen molar-refractivity contribution in [3.63, 3.8) is 0 Å². The summed E-state index contributed by atoms with van der Waals surface area (Å²) in [6.07, 6.45) is 7.75. The number of aliphatic imine (C=N–C) groups is 1. The van der Waals surface area contributed by atoms with E-state index in [2.05, 4.69) is 96.0 Å². The number of pyridine rings is 1. The van der Waals surface area contributed by atoms with Crippen LogP contribution < -0.4 is 5.32 Å². The predicted octanol–water partition coefficient (Wildman–Crippen LogP) is 14.0. The highest BCUT2D eigenvalue weighted by Gasteiger charge is 2.13. The van der Waals surface area contributed by atoms with E-state index in [1.807, 2.05) is 131 Å². The SMILES string of the molecule is CC.CC.CC.CC.CC.CC(C)C1=NCCC(=O)N1.CC(C)c1ccccn1.CC(C)c1cscn1.CC(C)c1ncccn1.CC(C)c1nccs1. The van der Waals surface area contributed by atoms with Gasteiger partial charge in [-0.1, -0.05) is 145 Å². The largest absolute Gasteiger partial charge is 0.314 e. The minimum atomic E-state index is 0.0960. The van der Waals surface area contributed by atoms with Gasteiger partial charge in [-0.2, -0.15) is 0 Å². The van der Waals surface area contributed by atoms with Gasteiger partial charge in [-0.3, -0.25) is 14.8 Å². The number of hydrogen-bond donors (Lipinski definition) is 1. The quantitative estimate of drug-likeness (QED) is 0.216. The van der Waals surface area contributed by atoms with Crippen LogP contribution in [0.5, 0.6) is 0 Å². The molecule has 0 aromatic carbocycles. The fourth-order valence-electron chi connectivity index (χ4n) is 3.20. The molecule has 0 fully saturated rings. The van der Waals surface area contributed by atoms with Crippen molar-refractivity contribution in [2.45, 2.75) is 169 Å². The molecular weight excluding hydrogens is 707 g/mol. The van der Waals surface area contributed by atoms with Crippen molar-refractivity contribution in [1.29, 1.82) is 0 Å². The molecule has 1 amide bonds. The molecule has 10 heteroatoms. The van der Waals surface area contributed by atoms with E-state index in [-0.39, 0.29) is 5.91 Å². The van der Waals surface area contributed by atoms with E-state index in [4.69, 9.17) is 0 Å². The number of hydrogen-bond acceptors (Lipinski definition) is 9. The first-order valence-corrected chi connectivity index (χ1v) is 22.0. The molecule has 0 atom stereocenters. The zero-order valence-corrected chi connectivity index (χ0v) is 39.7. The van der Waals surface area contributed by atoms with Crippen LogP contribution >= 0.6 is 22.7 Å². The Hall–Kier alpha value is -3.37. The molecule has 8 nitrogen and oxygen atoms in total. The van der Waals surface area contributed by atoms with Gasteiger partial charge < -0.3 is 5.32 Å². The first kappa shape index (κ1) is 59.9. The third kappa shape index (κ3) is 34.4. The summed E-state index contributed by atoms with van der Waals surface area (Å²) in [6, 6.07) is 7.82. The van der Waals surface area contributed by atoms with Crippen LogP contribution in [0.15, 0.2) is 70.3 Å². The average molecular weight is 788 g/mol. The fraction of sp³-hybridized carbons (Fsp3) is 0.614. The van der Waals surface area contributed by atoms with Gasteiger partial charge in [-0.15, -0.1) is 22.7 Å². The summed E-state index contributed by atoms with van der Waals surface area (Å²) in [5.41, 5.74) is 4.24. The lowest BCUT2D eigenvalue weighted by Crippen LogP contribution is -2.37. The van der Waals surface area contributed by atoms with Crippen LogP contribution in [0.1, 0.15) is 191 Å². The average Bonchev–Trinajstić information content (AvgIpc) is 3.97. The van der Waals surface area contributed by atoms with Crippen LogP contribution in [0.4, 0.5) is 0 Å². The van der Waals surface area contributed by atoms with Gasteiger partial charge in [-0.25, -0.2) is 19.9 Å². The van der Waals surface area contributed by atoms with Gasteiger partial charge in [0, 0.05) is 72.0 Å². The van der Waals surface area contributed by atoms with Crippen LogP contribution in [0, 0.1) is 5.92 Å². The molecule has 4 aromatic rings.